The van der Waals surface area contributed by atoms with Gasteiger partial charge in [-0.3, -0.25) is 5.10 Å². The molecule has 2 aromatic carbocycles. The van der Waals surface area contributed by atoms with E-state index in [0.717, 1.165) is 33.7 Å². The monoisotopic (exact) mass is 402 g/mol. The third-order valence-electron chi connectivity index (χ3n) is 5.24. The van der Waals surface area contributed by atoms with Crippen molar-refractivity contribution in [3.8, 4) is 23.4 Å². The standard InChI is InChI=1S/C23H22N4O3/c1-13-6-4-5-7-18(13)29-12-16-10-15(8-9-19(16)28-3)21-17(11-24)22(25)30-23-20(21)14(2)26-27-23/h4-10,21H,12,25H2,1-3H3,(H,26,27). The van der Waals surface area contributed by atoms with E-state index in [1.807, 2.05) is 56.3 Å². The van der Waals surface area contributed by atoms with Crippen LogP contribution in [0.15, 0.2) is 53.9 Å². The molecule has 1 aliphatic heterocycles. The number of hydrogen-bond acceptors (Lipinski definition) is 6. The number of rotatable bonds is 5. The Morgan fingerprint density at radius 2 is 2.00 bits per heavy atom. The van der Waals surface area contributed by atoms with Crippen LogP contribution in [-0.4, -0.2) is 17.3 Å². The summed E-state index contributed by atoms with van der Waals surface area (Å²) in [5, 5.41) is 16.8. The van der Waals surface area contributed by atoms with Crippen molar-refractivity contribution in [3.63, 3.8) is 0 Å². The number of benzene rings is 2. The van der Waals surface area contributed by atoms with Gasteiger partial charge in [0.25, 0.3) is 0 Å². The van der Waals surface area contributed by atoms with Gasteiger partial charge < -0.3 is 19.9 Å². The molecule has 0 radical (unpaired) electrons. The van der Waals surface area contributed by atoms with Gasteiger partial charge in [-0.25, -0.2) is 0 Å². The normalized spacial score (nSPS) is 15.2. The van der Waals surface area contributed by atoms with E-state index >= 15 is 0 Å². The van der Waals surface area contributed by atoms with Gasteiger partial charge in [0.05, 0.1) is 13.0 Å². The predicted octanol–water partition coefficient (Wildman–Crippen LogP) is 3.83. The molecule has 7 heteroatoms. The van der Waals surface area contributed by atoms with Crippen molar-refractivity contribution < 1.29 is 14.2 Å². The largest absolute Gasteiger partial charge is 0.496 e. The number of nitrogens with zero attached hydrogens (tertiary/aromatic N) is 2. The van der Waals surface area contributed by atoms with Gasteiger partial charge in [0.1, 0.15) is 29.7 Å². The number of nitrogens with two attached hydrogens (primary N) is 1. The summed E-state index contributed by atoms with van der Waals surface area (Å²) in [6.07, 6.45) is 0. The van der Waals surface area contributed by atoms with Crippen LogP contribution in [0.25, 0.3) is 0 Å². The van der Waals surface area contributed by atoms with Crippen LogP contribution in [0, 0.1) is 25.2 Å². The number of fused-ring (bicyclic) bond motifs is 1. The van der Waals surface area contributed by atoms with E-state index < -0.39 is 0 Å². The molecule has 152 valence electrons. The smallest absolute Gasteiger partial charge is 0.244 e. The molecular weight excluding hydrogens is 380 g/mol. The van der Waals surface area contributed by atoms with E-state index in [1.165, 1.54) is 0 Å². The van der Waals surface area contributed by atoms with Crippen molar-refractivity contribution in [3.05, 3.63) is 81.9 Å². The second kappa shape index (κ2) is 7.84. The molecule has 1 aromatic heterocycles. The number of nitrogens with one attached hydrogen (secondary N) is 1. The first-order valence-electron chi connectivity index (χ1n) is 9.51. The van der Waals surface area contributed by atoms with Crippen molar-refractivity contribution in [2.75, 3.05) is 7.11 Å². The van der Waals surface area contributed by atoms with Crippen LogP contribution < -0.4 is 19.9 Å². The highest BCUT2D eigenvalue weighted by molar-refractivity contribution is 5.56. The number of hydrogen-bond donors (Lipinski definition) is 2. The summed E-state index contributed by atoms with van der Waals surface area (Å²) in [5.74, 6) is 1.59. The molecule has 30 heavy (non-hydrogen) atoms. The minimum atomic E-state index is -0.388. The minimum Gasteiger partial charge on any atom is -0.496 e. The van der Waals surface area contributed by atoms with Gasteiger partial charge in [0.2, 0.25) is 11.8 Å². The summed E-state index contributed by atoms with van der Waals surface area (Å²) in [5.41, 5.74) is 10.8. The van der Waals surface area contributed by atoms with Crippen molar-refractivity contribution in [2.45, 2.75) is 26.4 Å². The second-order valence-electron chi connectivity index (χ2n) is 7.12. The lowest BCUT2D eigenvalue weighted by molar-refractivity contribution is 0.294. The predicted molar refractivity (Wildman–Crippen MR) is 111 cm³/mol. The van der Waals surface area contributed by atoms with E-state index in [1.54, 1.807) is 7.11 Å². The Balaban J connectivity index is 1.75. The highest BCUT2D eigenvalue weighted by atomic mass is 16.5. The molecule has 0 bridgehead atoms. The van der Waals surface area contributed by atoms with Crippen LogP contribution in [0.4, 0.5) is 0 Å². The lowest BCUT2D eigenvalue weighted by Crippen LogP contribution is -2.21. The molecule has 1 atom stereocenters. The first-order valence-corrected chi connectivity index (χ1v) is 9.51. The lowest BCUT2D eigenvalue weighted by Gasteiger charge is -2.24. The van der Waals surface area contributed by atoms with Crippen LogP contribution in [0.2, 0.25) is 0 Å². The van der Waals surface area contributed by atoms with Crippen molar-refractivity contribution >= 4 is 0 Å². The molecule has 0 fully saturated rings. The minimum absolute atomic E-state index is 0.0648. The number of aromatic amines is 1. The van der Waals surface area contributed by atoms with Gasteiger partial charge in [0.15, 0.2) is 0 Å². The molecule has 4 rings (SSSR count). The molecule has 0 aliphatic carbocycles. The zero-order valence-electron chi connectivity index (χ0n) is 17.0. The second-order valence-corrected chi connectivity index (χ2v) is 7.12. The fraction of sp³-hybridized carbons (Fsp3) is 0.217. The highest BCUT2D eigenvalue weighted by Crippen LogP contribution is 2.43. The third-order valence-corrected chi connectivity index (χ3v) is 5.24. The summed E-state index contributed by atoms with van der Waals surface area (Å²) in [6.45, 7) is 4.22. The van der Waals surface area contributed by atoms with Gasteiger partial charge in [-0.15, -0.1) is 5.10 Å². The van der Waals surface area contributed by atoms with Crippen LogP contribution in [-0.2, 0) is 6.61 Å². The quantitative estimate of drug-likeness (QED) is 0.672. The number of H-pyrrole nitrogens is 1. The Hall–Kier alpha value is -3.92. The summed E-state index contributed by atoms with van der Waals surface area (Å²) >= 11 is 0. The Bertz CT molecular complexity index is 1170. The van der Waals surface area contributed by atoms with E-state index in [-0.39, 0.29) is 11.8 Å². The summed E-state index contributed by atoms with van der Waals surface area (Å²) in [7, 11) is 1.62. The Morgan fingerprint density at radius 3 is 2.73 bits per heavy atom. The fourth-order valence-electron chi connectivity index (χ4n) is 3.70. The topological polar surface area (TPSA) is 106 Å². The van der Waals surface area contributed by atoms with Gasteiger partial charge in [-0.2, -0.15) is 5.26 Å². The maximum Gasteiger partial charge on any atom is 0.244 e. The molecule has 0 spiro atoms. The SMILES string of the molecule is COc1ccc(C2C(C#N)=C(N)Oc3n[nH]c(C)c32)cc1COc1ccccc1C. The number of para-hydroxylation sites is 1. The van der Waals surface area contributed by atoms with Crippen molar-refractivity contribution in [1.82, 2.24) is 10.2 Å². The molecule has 3 aromatic rings. The van der Waals surface area contributed by atoms with Crippen molar-refractivity contribution in [2.24, 2.45) is 5.73 Å². The van der Waals surface area contributed by atoms with E-state index in [9.17, 15) is 5.26 Å². The van der Waals surface area contributed by atoms with Crippen LogP contribution in [0.1, 0.15) is 33.9 Å². The molecule has 1 aliphatic rings. The number of allylic oxidation sites excluding steroid dienone is 1. The average Bonchev–Trinajstić information content (AvgIpc) is 3.12. The molecule has 0 saturated carbocycles. The zero-order valence-corrected chi connectivity index (χ0v) is 17.0. The third kappa shape index (κ3) is 3.33. The van der Waals surface area contributed by atoms with Gasteiger partial charge in [-0.05, 0) is 43.2 Å². The Kier molecular flexibility index (Phi) is 5.07. The molecule has 1 unspecified atom stereocenters. The Morgan fingerprint density at radius 1 is 1.20 bits per heavy atom. The fourth-order valence-corrected chi connectivity index (χ4v) is 3.70. The first kappa shape index (κ1) is 19.4. The number of nitriles is 1. The van der Waals surface area contributed by atoms with E-state index in [2.05, 4.69) is 16.3 Å². The first-order chi connectivity index (χ1) is 14.5. The van der Waals surface area contributed by atoms with Gasteiger partial charge in [-0.1, -0.05) is 24.3 Å². The number of aromatic nitrogens is 2. The zero-order chi connectivity index (χ0) is 21.3. The number of ether oxygens (including phenoxy) is 3. The van der Waals surface area contributed by atoms with E-state index in [0.29, 0.717) is 23.8 Å². The maximum absolute atomic E-state index is 9.75. The summed E-state index contributed by atoms with van der Waals surface area (Å²) in [6, 6.07) is 15.8. The lowest BCUT2D eigenvalue weighted by atomic mass is 9.83. The average molecular weight is 402 g/mol. The molecule has 0 saturated heterocycles. The molecule has 2 heterocycles. The summed E-state index contributed by atoms with van der Waals surface area (Å²) in [4.78, 5) is 0. The van der Waals surface area contributed by atoms with Crippen LogP contribution in [0.5, 0.6) is 17.4 Å². The van der Waals surface area contributed by atoms with Crippen LogP contribution in [0.3, 0.4) is 0 Å². The Labute approximate surface area is 174 Å². The number of methoxy groups -OCH3 is 1. The molecular formula is C23H22N4O3. The number of aryl methyl sites for hydroxylation is 2. The molecule has 3 N–H and O–H groups in total. The summed E-state index contributed by atoms with van der Waals surface area (Å²) < 4.78 is 17.1. The maximum atomic E-state index is 9.75. The van der Waals surface area contributed by atoms with Gasteiger partial charge in [0, 0.05) is 16.8 Å². The highest BCUT2D eigenvalue weighted by Gasteiger charge is 2.34. The molecule has 7 nitrogen and oxygen atoms in total. The van der Waals surface area contributed by atoms with E-state index in [4.69, 9.17) is 19.9 Å². The van der Waals surface area contributed by atoms with Gasteiger partial charge >= 0.3 is 0 Å². The van der Waals surface area contributed by atoms with Crippen LogP contribution >= 0.6 is 0 Å². The molecule has 0 amide bonds. The van der Waals surface area contributed by atoms with Crippen molar-refractivity contribution in [1.29, 1.82) is 5.26 Å².